The number of nitrogens with one attached hydrogen (secondary N) is 1. The highest BCUT2D eigenvalue weighted by Gasteiger charge is 1.94. The first-order chi connectivity index (χ1) is 18.4. The Bertz CT molecular complexity index is 398. The maximum Gasteiger partial charge on any atom is -0.00489 e. The summed E-state index contributed by atoms with van der Waals surface area (Å²) in [5.41, 5.74) is 0. The Morgan fingerprint density at radius 1 is 0.297 bits per heavy atom. The summed E-state index contributed by atoms with van der Waals surface area (Å²) in [5.74, 6) is 0. The van der Waals surface area contributed by atoms with Crippen LogP contribution in [0, 0.1) is 0 Å². The fourth-order valence-corrected chi connectivity index (χ4v) is 5.12. The van der Waals surface area contributed by atoms with Crippen LogP contribution in [0.3, 0.4) is 0 Å². The summed E-state index contributed by atoms with van der Waals surface area (Å²) in [7, 11) is 0. The van der Waals surface area contributed by atoms with Crippen LogP contribution in [-0.4, -0.2) is 13.1 Å². The van der Waals surface area contributed by atoms with Crippen molar-refractivity contribution in [3.05, 3.63) is 24.3 Å². The molecule has 0 aliphatic heterocycles. The van der Waals surface area contributed by atoms with Crippen molar-refractivity contribution in [2.24, 2.45) is 0 Å². The van der Waals surface area contributed by atoms with Crippen LogP contribution in [0.5, 0.6) is 0 Å². The molecule has 0 fully saturated rings. The van der Waals surface area contributed by atoms with E-state index in [0.717, 1.165) is 0 Å². The Kier molecular flexibility index (Phi) is 34.9. The molecule has 0 aromatic rings. The lowest BCUT2D eigenvalue weighted by atomic mass is 10.1. The normalized spacial score (nSPS) is 11.9. The third kappa shape index (κ3) is 35.4. The van der Waals surface area contributed by atoms with E-state index < -0.39 is 0 Å². The van der Waals surface area contributed by atoms with Crippen molar-refractivity contribution in [3.8, 4) is 0 Å². The molecule has 0 aliphatic carbocycles. The molecule has 0 saturated carbocycles. The molecule has 0 amide bonds. The lowest BCUT2D eigenvalue weighted by Gasteiger charge is -2.05. The molecule has 0 heterocycles. The number of unbranched alkanes of at least 4 members (excludes halogenated alkanes) is 24. The van der Waals surface area contributed by atoms with Gasteiger partial charge in [-0.2, -0.15) is 0 Å². The third-order valence-corrected chi connectivity index (χ3v) is 7.73. The molecule has 37 heavy (non-hydrogen) atoms. The van der Waals surface area contributed by atoms with Crippen LogP contribution < -0.4 is 5.32 Å². The van der Waals surface area contributed by atoms with E-state index in [-0.39, 0.29) is 0 Å². The second kappa shape index (κ2) is 35.4. The van der Waals surface area contributed by atoms with Gasteiger partial charge in [-0.1, -0.05) is 154 Å². The molecule has 0 atom stereocenters. The smallest absolute Gasteiger partial charge is 0.00489 e. The van der Waals surface area contributed by atoms with Gasteiger partial charge in [0.2, 0.25) is 0 Å². The van der Waals surface area contributed by atoms with Crippen LogP contribution in [0.15, 0.2) is 24.3 Å². The summed E-state index contributed by atoms with van der Waals surface area (Å²) < 4.78 is 0. The zero-order chi connectivity index (χ0) is 26.7. The summed E-state index contributed by atoms with van der Waals surface area (Å²) in [5, 5.41) is 3.67. The molecule has 0 saturated heterocycles. The molecule has 0 radical (unpaired) electrons. The van der Waals surface area contributed by atoms with E-state index in [1.165, 1.54) is 193 Å². The zero-order valence-electron chi connectivity index (χ0n) is 26.0. The van der Waals surface area contributed by atoms with Gasteiger partial charge in [0, 0.05) is 0 Å². The zero-order valence-corrected chi connectivity index (χ0v) is 26.0. The highest BCUT2D eigenvalue weighted by Crippen LogP contribution is 2.11. The van der Waals surface area contributed by atoms with E-state index in [4.69, 9.17) is 0 Å². The van der Waals surface area contributed by atoms with Crippen molar-refractivity contribution >= 4 is 0 Å². The number of hydrogen-bond donors (Lipinski definition) is 1. The van der Waals surface area contributed by atoms with E-state index in [0.29, 0.717) is 0 Å². The molecule has 1 N–H and O–H groups in total. The maximum absolute atomic E-state index is 3.67. The third-order valence-electron chi connectivity index (χ3n) is 7.73. The summed E-state index contributed by atoms with van der Waals surface area (Å²) >= 11 is 0. The quantitative estimate of drug-likeness (QED) is 0.0691. The summed E-state index contributed by atoms with van der Waals surface area (Å²) in [6.45, 7) is 7.04. The number of rotatable bonds is 32. The molecule has 0 aliphatic rings. The van der Waals surface area contributed by atoms with Gasteiger partial charge < -0.3 is 5.32 Å². The minimum absolute atomic E-state index is 1.23. The number of hydrogen-bond acceptors (Lipinski definition) is 1. The molecule has 0 rings (SSSR count). The van der Waals surface area contributed by atoms with E-state index in [1.54, 1.807) is 0 Å². The van der Waals surface area contributed by atoms with Crippen molar-refractivity contribution in [1.82, 2.24) is 5.32 Å². The van der Waals surface area contributed by atoms with Gasteiger partial charge >= 0.3 is 0 Å². The number of allylic oxidation sites excluding steroid dienone is 4. The summed E-state index contributed by atoms with van der Waals surface area (Å²) in [6.07, 6.45) is 48.8. The average molecular weight is 518 g/mol. The average Bonchev–Trinajstić information content (AvgIpc) is 2.91. The lowest BCUT2D eigenvalue weighted by Crippen LogP contribution is -2.16. The van der Waals surface area contributed by atoms with Gasteiger partial charge in [0.1, 0.15) is 0 Å². The van der Waals surface area contributed by atoms with Crippen LogP contribution in [0.4, 0.5) is 0 Å². The molecule has 220 valence electrons. The monoisotopic (exact) mass is 518 g/mol. The van der Waals surface area contributed by atoms with Crippen molar-refractivity contribution in [2.45, 2.75) is 194 Å². The van der Waals surface area contributed by atoms with Crippen molar-refractivity contribution < 1.29 is 0 Å². The largest absolute Gasteiger partial charge is 0.317 e. The Labute approximate surface area is 236 Å². The van der Waals surface area contributed by atoms with Gasteiger partial charge in [0.15, 0.2) is 0 Å². The predicted octanol–water partition coefficient (Wildman–Crippen LogP) is 12.7. The molecule has 0 spiro atoms. The standard InChI is InChI=1S/C36H71N/c1-3-5-7-9-11-13-15-17-19-21-23-25-27-29-31-33-35-37-36-34-32-30-28-26-24-22-20-18-16-14-12-10-8-6-4-2/h17-20,37H,3-16,21-36H2,1-2H3/b19-17-,20-18?. The Morgan fingerprint density at radius 3 is 0.838 bits per heavy atom. The predicted molar refractivity (Wildman–Crippen MR) is 172 cm³/mol. The first kappa shape index (κ1) is 36.4. The topological polar surface area (TPSA) is 12.0 Å². The first-order valence-electron chi connectivity index (χ1n) is 17.4. The van der Waals surface area contributed by atoms with Crippen LogP contribution in [0.2, 0.25) is 0 Å². The maximum atomic E-state index is 3.67. The van der Waals surface area contributed by atoms with E-state index in [9.17, 15) is 0 Å². The Morgan fingerprint density at radius 2 is 0.541 bits per heavy atom. The minimum atomic E-state index is 1.23. The molecule has 0 aromatic heterocycles. The summed E-state index contributed by atoms with van der Waals surface area (Å²) in [6, 6.07) is 0. The highest BCUT2D eigenvalue weighted by molar-refractivity contribution is 4.82. The SMILES string of the molecule is CCCCCCCCC=CCCCCCCCCNCCCCCCCC/C=C\CCCCCCCC. The van der Waals surface area contributed by atoms with Crippen LogP contribution in [-0.2, 0) is 0 Å². The van der Waals surface area contributed by atoms with E-state index in [1.807, 2.05) is 0 Å². The molecule has 1 nitrogen and oxygen atoms in total. The van der Waals surface area contributed by atoms with Gasteiger partial charge in [-0.15, -0.1) is 0 Å². The van der Waals surface area contributed by atoms with E-state index >= 15 is 0 Å². The van der Waals surface area contributed by atoms with Gasteiger partial charge in [-0.3, -0.25) is 0 Å². The molecule has 0 bridgehead atoms. The highest BCUT2D eigenvalue weighted by atomic mass is 14.8. The second-order valence-corrected chi connectivity index (χ2v) is 11.6. The second-order valence-electron chi connectivity index (χ2n) is 11.6. The summed E-state index contributed by atoms with van der Waals surface area (Å²) in [4.78, 5) is 0. The van der Waals surface area contributed by atoms with Gasteiger partial charge in [0.05, 0.1) is 0 Å². The first-order valence-corrected chi connectivity index (χ1v) is 17.4. The molecule has 0 unspecified atom stereocenters. The van der Waals surface area contributed by atoms with Crippen LogP contribution in [0.1, 0.15) is 194 Å². The minimum Gasteiger partial charge on any atom is -0.317 e. The van der Waals surface area contributed by atoms with Crippen LogP contribution >= 0.6 is 0 Å². The van der Waals surface area contributed by atoms with Gasteiger partial charge in [0.25, 0.3) is 0 Å². The van der Waals surface area contributed by atoms with Gasteiger partial charge in [-0.05, 0) is 77.3 Å². The van der Waals surface area contributed by atoms with E-state index in [2.05, 4.69) is 43.5 Å². The molecule has 1 heteroatoms. The molecular weight excluding hydrogens is 446 g/mol. The molecule has 0 aromatic carbocycles. The van der Waals surface area contributed by atoms with Crippen LogP contribution in [0.25, 0.3) is 0 Å². The lowest BCUT2D eigenvalue weighted by molar-refractivity contribution is 0.539. The van der Waals surface area contributed by atoms with Crippen molar-refractivity contribution in [3.63, 3.8) is 0 Å². The molecular formula is C36H71N. The fourth-order valence-electron chi connectivity index (χ4n) is 5.12. The van der Waals surface area contributed by atoms with Crippen molar-refractivity contribution in [2.75, 3.05) is 13.1 Å². The van der Waals surface area contributed by atoms with Crippen molar-refractivity contribution in [1.29, 1.82) is 0 Å². The fraction of sp³-hybridized carbons (Fsp3) is 0.889. The Balaban J connectivity index is 3.09. The Hall–Kier alpha value is -0.560. The van der Waals surface area contributed by atoms with Gasteiger partial charge in [-0.25, -0.2) is 0 Å².